The van der Waals surface area contributed by atoms with E-state index in [9.17, 15) is 0 Å². The van der Waals surface area contributed by atoms with Gasteiger partial charge >= 0.3 is 0 Å². The van der Waals surface area contributed by atoms with Gasteiger partial charge in [-0.25, -0.2) is 0 Å². The fourth-order valence-corrected chi connectivity index (χ4v) is 4.46. The summed E-state index contributed by atoms with van der Waals surface area (Å²) in [6, 6.07) is 3.38. The minimum Gasteiger partial charge on any atom is -0.369 e. The van der Waals surface area contributed by atoms with Crippen LogP contribution in [0.15, 0.2) is 11.4 Å². The summed E-state index contributed by atoms with van der Waals surface area (Å²) < 4.78 is 6.20. The lowest BCUT2D eigenvalue weighted by atomic mass is 9.80. The van der Waals surface area contributed by atoms with Crippen LogP contribution < -0.4 is 5.32 Å². The standard InChI is InChI=1S/C13H19NOS/c1-9-7-13(8-10(2)14-9)12-11(3-5-15-13)4-6-16-12/h4,6,9-10,14H,3,5,7-8H2,1-2H3/t9-,10+,13?. The number of hydrogen-bond donors (Lipinski definition) is 1. The molecule has 2 aliphatic rings. The van der Waals surface area contributed by atoms with Gasteiger partial charge in [0.15, 0.2) is 0 Å². The van der Waals surface area contributed by atoms with Crippen LogP contribution in [-0.2, 0) is 16.8 Å². The van der Waals surface area contributed by atoms with Crippen LogP contribution in [0.5, 0.6) is 0 Å². The van der Waals surface area contributed by atoms with Crippen LogP contribution in [0.3, 0.4) is 0 Å². The van der Waals surface area contributed by atoms with Crippen LogP contribution in [0, 0.1) is 0 Å². The van der Waals surface area contributed by atoms with Gasteiger partial charge in [0.25, 0.3) is 0 Å². The molecule has 3 rings (SSSR count). The Morgan fingerprint density at radius 1 is 1.38 bits per heavy atom. The maximum Gasteiger partial charge on any atom is 0.105 e. The molecule has 0 bridgehead atoms. The third-order valence-corrected chi connectivity index (χ3v) is 4.89. The Balaban J connectivity index is 2.00. The van der Waals surface area contributed by atoms with Crippen LogP contribution in [-0.4, -0.2) is 18.7 Å². The van der Waals surface area contributed by atoms with Gasteiger partial charge in [-0.1, -0.05) is 0 Å². The monoisotopic (exact) mass is 237 g/mol. The summed E-state index contributed by atoms with van der Waals surface area (Å²) in [4.78, 5) is 1.50. The van der Waals surface area contributed by atoms with Gasteiger partial charge in [-0.3, -0.25) is 0 Å². The Morgan fingerprint density at radius 2 is 2.12 bits per heavy atom. The number of hydrogen-bond acceptors (Lipinski definition) is 3. The predicted octanol–water partition coefficient (Wildman–Crippen LogP) is 2.68. The molecule has 16 heavy (non-hydrogen) atoms. The predicted molar refractivity (Wildman–Crippen MR) is 66.9 cm³/mol. The van der Waals surface area contributed by atoms with E-state index in [2.05, 4.69) is 30.6 Å². The second-order valence-corrected chi connectivity index (χ2v) is 6.16. The molecule has 1 aromatic rings. The van der Waals surface area contributed by atoms with Crippen molar-refractivity contribution in [1.82, 2.24) is 5.32 Å². The van der Waals surface area contributed by atoms with E-state index >= 15 is 0 Å². The lowest BCUT2D eigenvalue weighted by molar-refractivity contribution is -0.0932. The highest BCUT2D eigenvalue weighted by molar-refractivity contribution is 7.10. The normalized spacial score (nSPS) is 38.6. The first kappa shape index (κ1) is 10.8. The molecule has 3 heterocycles. The molecule has 3 heteroatoms. The Bertz CT molecular complexity index is 377. The summed E-state index contributed by atoms with van der Waals surface area (Å²) in [6.07, 6.45) is 3.33. The van der Waals surface area contributed by atoms with Crippen molar-refractivity contribution in [2.24, 2.45) is 0 Å². The van der Waals surface area contributed by atoms with Crippen LogP contribution in [0.25, 0.3) is 0 Å². The van der Waals surface area contributed by atoms with Crippen molar-refractivity contribution in [3.63, 3.8) is 0 Å². The molecule has 1 saturated heterocycles. The van der Waals surface area contributed by atoms with Crippen molar-refractivity contribution < 1.29 is 4.74 Å². The highest BCUT2D eigenvalue weighted by Crippen LogP contribution is 2.45. The lowest BCUT2D eigenvalue weighted by Crippen LogP contribution is -2.52. The first-order valence-corrected chi connectivity index (χ1v) is 7.04. The molecular weight excluding hydrogens is 218 g/mol. The van der Waals surface area contributed by atoms with E-state index < -0.39 is 0 Å². The Morgan fingerprint density at radius 3 is 2.88 bits per heavy atom. The van der Waals surface area contributed by atoms with Crippen molar-refractivity contribution in [2.75, 3.05) is 6.61 Å². The van der Waals surface area contributed by atoms with Crippen LogP contribution in [0.4, 0.5) is 0 Å². The van der Waals surface area contributed by atoms with Crippen molar-refractivity contribution >= 4 is 11.3 Å². The molecule has 1 spiro atoms. The SMILES string of the molecule is C[C@@H]1CC2(C[C@H](C)N1)OCCc1ccsc12. The van der Waals surface area contributed by atoms with Crippen LogP contribution in [0.2, 0.25) is 0 Å². The highest BCUT2D eigenvalue weighted by Gasteiger charge is 2.44. The summed E-state index contributed by atoms with van der Waals surface area (Å²) >= 11 is 1.88. The summed E-state index contributed by atoms with van der Waals surface area (Å²) in [6.45, 7) is 5.43. The van der Waals surface area contributed by atoms with E-state index in [1.165, 1.54) is 10.4 Å². The Labute approximate surface area is 101 Å². The molecule has 1 unspecified atom stereocenters. The molecule has 1 aromatic heterocycles. The fourth-order valence-electron chi connectivity index (χ4n) is 3.33. The zero-order chi connectivity index (χ0) is 11.2. The maximum absolute atomic E-state index is 6.20. The number of fused-ring (bicyclic) bond motifs is 2. The molecule has 1 N–H and O–H groups in total. The molecule has 2 nitrogen and oxygen atoms in total. The molecule has 0 radical (unpaired) electrons. The third-order valence-electron chi connectivity index (χ3n) is 3.75. The largest absolute Gasteiger partial charge is 0.369 e. The smallest absolute Gasteiger partial charge is 0.105 e. The van der Waals surface area contributed by atoms with E-state index in [1.54, 1.807) is 0 Å². The van der Waals surface area contributed by atoms with Gasteiger partial charge in [0.2, 0.25) is 0 Å². The van der Waals surface area contributed by atoms with Gasteiger partial charge in [0.05, 0.1) is 6.61 Å². The molecular formula is C13H19NOS. The van der Waals surface area contributed by atoms with Crippen molar-refractivity contribution in [3.05, 3.63) is 21.9 Å². The number of rotatable bonds is 0. The zero-order valence-electron chi connectivity index (χ0n) is 9.95. The summed E-state index contributed by atoms with van der Waals surface area (Å²) in [5.74, 6) is 0. The van der Waals surface area contributed by atoms with E-state index in [4.69, 9.17) is 4.74 Å². The molecule has 3 atom stereocenters. The van der Waals surface area contributed by atoms with E-state index in [0.717, 1.165) is 25.9 Å². The summed E-state index contributed by atoms with van der Waals surface area (Å²) in [7, 11) is 0. The molecule has 0 saturated carbocycles. The van der Waals surface area contributed by atoms with Gasteiger partial charge in [-0.15, -0.1) is 11.3 Å². The van der Waals surface area contributed by atoms with Gasteiger partial charge in [-0.2, -0.15) is 0 Å². The first-order valence-electron chi connectivity index (χ1n) is 6.16. The van der Waals surface area contributed by atoms with E-state index in [1.807, 2.05) is 11.3 Å². The van der Waals surface area contributed by atoms with Gasteiger partial charge in [0.1, 0.15) is 5.60 Å². The maximum atomic E-state index is 6.20. The van der Waals surface area contributed by atoms with Gasteiger partial charge < -0.3 is 10.1 Å². The molecule has 0 amide bonds. The number of ether oxygens (including phenoxy) is 1. The topological polar surface area (TPSA) is 21.3 Å². The van der Waals surface area contributed by atoms with Crippen LogP contribution in [0.1, 0.15) is 37.1 Å². The van der Waals surface area contributed by atoms with Crippen LogP contribution >= 0.6 is 11.3 Å². The first-order chi connectivity index (χ1) is 7.70. The number of thiophene rings is 1. The van der Waals surface area contributed by atoms with Gasteiger partial charge in [-0.05, 0) is 50.1 Å². The molecule has 88 valence electrons. The Kier molecular flexibility index (Phi) is 2.57. The van der Waals surface area contributed by atoms with Crippen molar-refractivity contribution in [2.45, 2.75) is 50.8 Å². The minimum atomic E-state index is 0.0197. The number of piperidine rings is 1. The van der Waals surface area contributed by atoms with E-state index in [-0.39, 0.29) is 5.60 Å². The average molecular weight is 237 g/mol. The summed E-state index contributed by atoms with van der Waals surface area (Å²) in [5.41, 5.74) is 1.55. The molecule has 1 fully saturated rings. The van der Waals surface area contributed by atoms with E-state index in [0.29, 0.717) is 12.1 Å². The van der Waals surface area contributed by atoms with Gasteiger partial charge in [0, 0.05) is 17.0 Å². The second kappa shape index (κ2) is 3.83. The molecule has 0 aliphatic carbocycles. The zero-order valence-corrected chi connectivity index (χ0v) is 10.8. The lowest BCUT2D eigenvalue weighted by Gasteiger charge is -2.45. The summed E-state index contributed by atoms with van der Waals surface area (Å²) in [5, 5.41) is 5.82. The number of nitrogens with one attached hydrogen (secondary N) is 1. The molecule has 2 aliphatic heterocycles. The van der Waals surface area contributed by atoms with Crippen molar-refractivity contribution in [1.29, 1.82) is 0 Å². The average Bonchev–Trinajstić information content (AvgIpc) is 2.65. The fraction of sp³-hybridized carbons (Fsp3) is 0.692. The Hall–Kier alpha value is -0.380. The quantitative estimate of drug-likeness (QED) is 0.749. The third kappa shape index (κ3) is 1.62. The van der Waals surface area contributed by atoms with Crippen molar-refractivity contribution in [3.8, 4) is 0 Å². The second-order valence-electron chi connectivity index (χ2n) is 5.24. The highest BCUT2D eigenvalue weighted by atomic mass is 32.1. The minimum absolute atomic E-state index is 0.0197. The molecule has 0 aromatic carbocycles.